The van der Waals surface area contributed by atoms with E-state index in [1.807, 2.05) is 0 Å². The van der Waals surface area contributed by atoms with Gasteiger partial charge in [0.1, 0.15) is 6.61 Å². The van der Waals surface area contributed by atoms with Crippen molar-refractivity contribution in [1.29, 1.82) is 0 Å². The van der Waals surface area contributed by atoms with Gasteiger partial charge in [-0.25, -0.2) is 0 Å². The van der Waals surface area contributed by atoms with Crippen molar-refractivity contribution in [2.24, 2.45) is 0 Å². The van der Waals surface area contributed by atoms with Gasteiger partial charge in [-0.1, -0.05) is 269 Å². The number of ether oxygens (including phenoxy) is 2. The van der Waals surface area contributed by atoms with Crippen molar-refractivity contribution < 1.29 is 24.2 Å². The summed E-state index contributed by atoms with van der Waals surface area (Å²) in [5.74, 6) is -0.576. The highest BCUT2D eigenvalue weighted by Crippen LogP contribution is 2.17. The largest absolute Gasteiger partial charge is 0.462 e. The number of carbonyl (C=O) groups excluding carboxylic acids is 2. The molecule has 5 heteroatoms. The standard InChI is InChI=1S/C57H106O5/c1-3-5-7-9-11-13-15-17-19-21-23-25-26-27-28-29-30-32-34-36-38-40-42-44-46-48-50-52-57(60)62-55(53-58)54-61-56(59)51-49-47-45-43-41-39-37-35-33-31-24-22-20-18-16-14-12-10-8-6-4-2/h15,17,21,23,26-27,55,58H,3-14,16,18-20,22,24-25,28-54H2,1-2H3/b17-15-,23-21-,27-26-. The van der Waals surface area contributed by atoms with Crippen LogP contribution in [0.4, 0.5) is 0 Å². The van der Waals surface area contributed by atoms with Crippen molar-refractivity contribution in [2.45, 2.75) is 302 Å². The van der Waals surface area contributed by atoms with Crippen LogP contribution in [0.25, 0.3) is 0 Å². The van der Waals surface area contributed by atoms with Crippen molar-refractivity contribution in [3.63, 3.8) is 0 Å². The highest BCUT2D eigenvalue weighted by molar-refractivity contribution is 5.70. The highest BCUT2D eigenvalue weighted by atomic mass is 16.6. The highest BCUT2D eigenvalue weighted by Gasteiger charge is 2.16. The summed E-state index contributed by atoms with van der Waals surface area (Å²) < 4.78 is 10.7. The van der Waals surface area contributed by atoms with Gasteiger partial charge in [-0.05, 0) is 51.4 Å². The molecule has 0 bridgehead atoms. The molecule has 0 aromatic heterocycles. The summed E-state index contributed by atoms with van der Waals surface area (Å²) in [4.78, 5) is 24.5. The summed E-state index contributed by atoms with van der Waals surface area (Å²) in [5, 5.41) is 9.64. The number of aliphatic hydroxyl groups excluding tert-OH is 1. The van der Waals surface area contributed by atoms with Crippen LogP contribution >= 0.6 is 0 Å². The van der Waals surface area contributed by atoms with Crippen LogP contribution in [0.1, 0.15) is 296 Å². The van der Waals surface area contributed by atoms with E-state index < -0.39 is 6.10 Å². The Morgan fingerprint density at radius 3 is 0.968 bits per heavy atom. The van der Waals surface area contributed by atoms with Gasteiger partial charge in [0.05, 0.1) is 6.61 Å². The molecule has 1 N–H and O–H groups in total. The Labute approximate surface area is 386 Å². The first-order valence-electron chi connectivity index (χ1n) is 27.5. The normalized spacial score (nSPS) is 12.4. The SMILES string of the molecule is CCCCCCC/C=C\C/C=C\C/C=C\CCCCCCCCCCCCCCC(=O)OC(CO)COC(=O)CCCCCCCCCCCCCCCCCCCCCCC. The van der Waals surface area contributed by atoms with Gasteiger partial charge >= 0.3 is 11.9 Å². The smallest absolute Gasteiger partial charge is 0.306 e. The lowest BCUT2D eigenvalue weighted by Gasteiger charge is -2.15. The summed E-state index contributed by atoms with van der Waals surface area (Å²) in [6.07, 6.45) is 68.2. The van der Waals surface area contributed by atoms with Crippen LogP contribution in [0.3, 0.4) is 0 Å². The zero-order valence-electron chi connectivity index (χ0n) is 41.6. The first-order chi connectivity index (χ1) is 30.6. The van der Waals surface area contributed by atoms with Crippen molar-refractivity contribution in [1.82, 2.24) is 0 Å². The minimum Gasteiger partial charge on any atom is -0.462 e. The van der Waals surface area contributed by atoms with Crippen LogP contribution in [0.15, 0.2) is 36.5 Å². The summed E-state index contributed by atoms with van der Waals surface area (Å²) >= 11 is 0. The lowest BCUT2D eigenvalue weighted by Crippen LogP contribution is -2.28. The maximum absolute atomic E-state index is 12.3. The zero-order chi connectivity index (χ0) is 44.9. The Kier molecular flexibility index (Phi) is 51.8. The number of aliphatic hydroxyl groups is 1. The Balaban J connectivity index is 3.46. The molecule has 0 saturated heterocycles. The van der Waals surface area contributed by atoms with E-state index in [1.54, 1.807) is 0 Å². The maximum atomic E-state index is 12.3. The van der Waals surface area contributed by atoms with Crippen LogP contribution in [0, 0.1) is 0 Å². The quantitative estimate of drug-likeness (QED) is 0.0374. The summed E-state index contributed by atoms with van der Waals surface area (Å²) in [6, 6.07) is 0. The number of hydrogen-bond acceptors (Lipinski definition) is 5. The molecular weight excluding hydrogens is 765 g/mol. The predicted octanol–water partition coefficient (Wildman–Crippen LogP) is 18.3. The third-order valence-corrected chi connectivity index (χ3v) is 12.4. The molecule has 0 spiro atoms. The summed E-state index contributed by atoms with van der Waals surface area (Å²) in [7, 11) is 0. The number of allylic oxidation sites excluding steroid dienone is 6. The van der Waals surface area contributed by atoms with Crippen LogP contribution in [-0.2, 0) is 19.1 Å². The summed E-state index contributed by atoms with van der Waals surface area (Å²) in [5.41, 5.74) is 0. The fraction of sp³-hybridized carbons (Fsp3) is 0.860. The lowest BCUT2D eigenvalue weighted by atomic mass is 10.0. The minimum atomic E-state index is -0.771. The van der Waals surface area contributed by atoms with E-state index >= 15 is 0 Å². The molecule has 0 aromatic carbocycles. The molecule has 0 amide bonds. The Morgan fingerprint density at radius 1 is 0.371 bits per heavy atom. The molecule has 364 valence electrons. The molecule has 0 aliphatic carbocycles. The number of rotatable bonds is 51. The van der Waals surface area contributed by atoms with Gasteiger partial charge in [-0.3, -0.25) is 9.59 Å². The van der Waals surface area contributed by atoms with E-state index in [1.165, 1.54) is 225 Å². The predicted molar refractivity (Wildman–Crippen MR) is 270 cm³/mol. The molecule has 0 radical (unpaired) electrons. The number of hydrogen-bond donors (Lipinski definition) is 1. The van der Waals surface area contributed by atoms with Gasteiger partial charge in [0, 0.05) is 12.8 Å². The second-order valence-corrected chi connectivity index (χ2v) is 18.7. The third-order valence-electron chi connectivity index (χ3n) is 12.4. The van der Waals surface area contributed by atoms with E-state index in [-0.39, 0.29) is 25.2 Å². The molecule has 5 nitrogen and oxygen atoms in total. The monoisotopic (exact) mass is 871 g/mol. The maximum Gasteiger partial charge on any atom is 0.306 e. The van der Waals surface area contributed by atoms with Crippen molar-refractivity contribution in [3.05, 3.63) is 36.5 Å². The average Bonchev–Trinajstić information content (AvgIpc) is 3.28. The van der Waals surface area contributed by atoms with Crippen molar-refractivity contribution in [2.75, 3.05) is 13.2 Å². The Hall–Kier alpha value is -1.88. The second kappa shape index (κ2) is 53.5. The van der Waals surface area contributed by atoms with Gasteiger partial charge in [0.25, 0.3) is 0 Å². The molecule has 0 aliphatic heterocycles. The van der Waals surface area contributed by atoms with Crippen LogP contribution in [0.2, 0.25) is 0 Å². The van der Waals surface area contributed by atoms with Gasteiger partial charge < -0.3 is 14.6 Å². The molecule has 1 atom stereocenters. The van der Waals surface area contributed by atoms with Crippen molar-refractivity contribution in [3.8, 4) is 0 Å². The van der Waals surface area contributed by atoms with Crippen molar-refractivity contribution >= 4 is 11.9 Å². The topological polar surface area (TPSA) is 72.8 Å². The van der Waals surface area contributed by atoms with Gasteiger partial charge in [0.2, 0.25) is 0 Å². The molecular formula is C57H106O5. The number of esters is 2. The molecule has 0 aromatic rings. The molecule has 0 rings (SSSR count). The van der Waals surface area contributed by atoms with E-state index in [0.717, 1.165) is 44.9 Å². The van der Waals surface area contributed by atoms with Crippen LogP contribution in [0.5, 0.6) is 0 Å². The average molecular weight is 871 g/mol. The third kappa shape index (κ3) is 50.8. The fourth-order valence-electron chi connectivity index (χ4n) is 8.27. The van der Waals surface area contributed by atoms with E-state index in [4.69, 9.17) is 9.47 Å². The molecule has 0 saturated carbocycles. The Bertz CT molecular complexity index is 986. The number of unbranched alkanes of at least 4 members (excludes halogenated alkanes) is 37. The zero-order valence-corrected chi connectivity index (χ0v) is 41.6. The summed E-state index contributed by atoms with van der Waals surface area (Å²) in [6.45, 7) is 4.17. The van der Waals surface area contributed by atoms with E-state index in [2.05, 4.69) is 50.3 Å². The molecule has 62 heavy (non-hydrogen) atoms. The Morgan fingerprint density at radius 2 is 0.645 bits per heavy atom. The first kappa shape index (κ1) is 60.1. The molecule has 0 aliphatic rings. The van der Waals surface area contributed by atoms with E-state index in [0.29, 0.717) is 12.8 Å². The minimum absolute atomic E-state index is 0.0618. The molecule has 0 heterocycles. The van der Waals surface area contributed by atoms with Crippen LogP contribution < -0.4 is 0 Å². The first-order valence-corrected chi connectivity index (χ1v) is 27.5. The van der Waals surface area contributed by atoms with Gasteiger partial charge in [0.15, 0.2) is 6.10 Å². The van der Waals surface area contributed by atoms with E-state index in [9.17, 15) is 14.7 Å². The lowest BCUT2D eigenvalue weighted by molar-refractivity contribution is -0.161. The number of carbonyl (C=O) groups is 2. The van der Waals surface area contributed by atoms with Gasteiger partial charge in [-0.15, -0.1) is 0 Å². The molecule has 1 unspecified atom stereocenters. The van der Waals surface area contributed by atoms with Gasteiger partial charge in [-0.2, -0.15) is 0 Å². The molecule has 0 fully saturated rings. The van der Waals surface area contributed by atoms with Crippen LogP contribution in [-0.4, -0.2) is 36.4 Å². The second-order valence-electron chi connectivity index (χ2n) is 18.7. The fourth-order valence-corrected chi connectivity index (χ4v) is 8.27.